The summed E-state index contributed by atoms with van der Waals surface area (Å²) in [4.78, 5) is 38.7. The largest absolute Gasteiger partial charge is 0.454 e. The number of esters is 3. The molecule has 0 aromatic heterocycles. The van der Waals surface area contributed by atoms with Crippen molar-refractivity contribution in [2.75, 3.05) is 0 Å². The summed E-state index contributed by atoms with van der Waals surface area (Å²) in [5.74, 6) is -9.29. The van der Waals surface area contributed by atoms with Crippen LogP contribution < -0.4 is 0 Å². The Morgan fingerprint density at radius 2 is 0.673 bits per heavy atom. The van der Waals surface area contributed by atoms with Gasteiger partial charge in [-0.05, 0) is 26.2 Å². The monoisotopic (exact) mass is 701 g/mol. The topological polar surface area (TPSA) is 140 Å². The molecule has 1 unspecified atom stereocenters. The van der Waals surface area contributed by atoms with E-state index in [-0.39, 0.29) is 19.3 Å². The molecule has 0 bridgehead atoms. The first-order chi connectivity index (χ1) is 23.5. The zero-order chi connectivity index (χ0) is 36.6. The van der Waals surface area contributed by atoms with Gasteiger partial charge in [0, 0.05) is 19.3 Å². The minimum atomic E-state index is -3.81. The van der Waals surface area contributed by atoms with E-state index in [1.807, 2.05) is 0 Å². The van der Waals surface area contributed by atoms with E-state index in [0.717, 1.165) is 70.6 Å². The third kappa shape index (κ3) is 25.0. The van der Waals surface area contributed by atoms with Crippen molar-refractivity contribution in [3.63, 3.8) is 0 Å². The van der Waals surface area contributed by atoms with Crippen LogP contribution in [0.25, 0.3) is 0 Å². The molecule has 0 spiro atoms. The van der Waals surface area contributed by atoms with Crippen molar-refractivity contribution < 1.29 is 43.9 Å². The Labute approximate surface area is 299 Å². The van der Waals surface area contributed by atoms with Crippen LogP contribution in [-0.4, -0.2) is 51.1 Å². The summed E-state index contributed by atoms with van der Waals surface area (Å²) in [5, 5.41) is 31.5. The number of hydrogen-bond donors (Lipinski definition) is 3. The molecular weight excluding hydrogens is 624 g/mol. The maximum atomic E-state index is 13.0. The van der Waals surface area contributed by atoms with E-state index in [9.17, 15) is 29.7 Å². The quantitative estimate of drug-likeness (QED) is 0.0335. The van der Waals surface area contributed by atoms with Gasteiger partial charge in [0.1, 0.15) is 0 Å². The number of rotatable bonds is 35. The highest BCUT2D eigenvalue weighted by atomic mass is 16.8. The molecule has 0 rings (SSSR count). The molecule has 9 heteroatoms. The molecular formula is C40H76O9. The molecule has 9 nitrogen and oxygen atoms in total. The number of aliphatic hydroxyl groups is 3. The number of ether oxygens (including phenoxy) is 3. The standard InChI is InChI=1S/C40H76O9/c1-5-8-11-14-17-20-23-26-29-32-36(41)47-35(4)39(40(44,45)46,48-37(42)33-30-27-24-21-18-15-12-9-6-2)49-38(43)34-31-28-25-22-19-16-13-10-7-3/h35,44-46H,5-34H2,1-4H3. The third-order valence-electron chi connectivity index (χ3n) is 9.30. The Balaban J connectivity index is 5.19. The molecule has 0 aromatic carbocycles. The van der Waals surface area contributed by atoms with Crippen LogP contribution in [0.4, 0.5) is 0 Å². The van der Waals surface area contributed by atoms with Crippen molar-refractivity contribution in [3.05, 3.63) is 0 Å². The molecule has 0 saturated heterocycles. The number of carbonyl (C=O) groups excluding carboxylic acids is 3. The molecule has 0 amide bonds. The first-order valence-corrected chi connectivity index (χ1v) is 20.3. The number of hydrogen-bond acceptors (Lipinski definition) is 9. The van der Waals surface area contributed by atoms with Crippen molar-refractivity contribution in [1.29, 1.82) is 0 Å². The van der Waals surface area contributed by atoms with Gasteiger partial charge in [-0.15, -0.1) is 0 Å². The van der Waals surface area contributed by atoms with Gasteiger partial charge in [0.2, 0.25) is 0 Å². The maximum Gasteiger partial charge on any atom is 0.376 e. The summed E-state index contributed by atoms with van der Waals surface area (Å²) >= 11 is 0. The fourth-order valence-corrected chi connectivity index (χ4v) is 6.11. The zero-order valence-electron chi connectivity index (χ0n) is 32.1. The average Bonchev–Trinajstić information content (AvgIpc) is 3.05. The lowest BCUT2D eigenvalue weighted by Crippen LogP contribution is -2.66. The molecule has 0 aliphatic rings. The lowest BCUT2D eigenvalue weighted by Gasteiger charge is -2.41. The molecule has 1 atom stereocenters. The van der Waals surface area contributed by atoms with E-state index in [1.54, 1.807) is 0 Å². The summed E-state index contributed by atoms with van der Waals surface area (Å²) in [7, 11) is 0. The van der Waals surface area contributed by atoms with Crippen LogP contribution in [-0.2, 0) is 28.6 Å². The minimum Gasteiger partial charge on any atom is -0.454 e. The van der Waals surface area contributed by atoms with Gasteiger partial charge in [0.15, 0.2) is 6.10 Å². The van der Waals surface area contributed by atoms with Crippen LogP contribution >= 0.6 is 0 Å². The number of carbonyl (C=O) groups is 3. The summed E-state index contributed by atoms with van der Waals surface area (Å²) in [6, 6.07) is 0. The lowest BCUT2D eigenvalue weighted by atomic mass is 10.1. The van der Waals surface area contributed by atoms with E-state index in [1.165, 1.54) is 90.4 Å². The third-order valence-corrected chi connectivity index (χ3v) is 9.30. The highest BCUT2D eigenvalue weighted by Gasteiger charge is 2.62. The number of unbranched alkanes of at least 4 members (excludes halogenated alkanes) is 24. The first kappa shape index (κ1) is 47.3. The molecule has 0 aliphatic carbocycles. The van der Waals surface area contributed by atoms with Gasteiger partial charge in [-0.3, -0.25) is 14.4 Å². The van der Waals surface area contributed by atoms with Crippen LogP contribution in [0, 0.1) is 0 Å². The van der Waals surface area contributed by atoms with E-state index in [2.05, 4.69) is 20.8 Å². The van der Waals surface area contributed by atoms with Gasteiger partial charge >= 0.3 is 29.7 Å². The molecule has 3 N–H and O–H groups in total. The fraction of sp³-hybridized carbons (Fsp3) is 0.925. The SMILES string of the molecule is CCCCCCCCCCCC(=O)OC(C)C(OC(=O)CCCCCCCCCCC)(OC(=O)CCCCCCCCCCC)C(O)(O)O. The van der Waals surface area contributed by atoms with Crippen molar-refractivity contribution in [3.8, 4) is 0 Å². The summed E-state index contributed by atoms with van der Waals surface area (Å²) in [5.41, 5.74) is 0. The predicted octanol–water partition coefficient (Wildman–Crippen LogP) is 10.1. The summed E-state index contributed by atoms with van der Waals surface area (Å²) in [6.45, 7) is 7.79. The van der Waals surface area contributed by atoms with Gasteiger partial charge in [-0.25, -0.2) is 0 Å². The smallest absolute Gasteiger partial charge is 0.376 e. The van der Waals surface area contributed by atoms with Crippen LogP contribution in [0.1, 0.15) is 220 Å². The Kier molecular flexibility index (Phi) is 30.0. The normalized spacial score (nSPS) is 12.6. The van der Waals surface area contributed by atoms with Crippen molar-refractivity contribution in [1.82, 2.24) is 0 Å². The first-order valence-electron chi connectivity index (χ1n) is 20.3. The molecule has 0 heterocycles. The Morgan fingerprint density at radius 3 is 0.939 bits per heavy atom. The Bertz CT molecular complexity index is 772. The second-order valence-electron chi connectivity index (χ2n) is 14.1. The van der Waals surface area contributed by atoms with Crippen molar-refractivity contribution >= 4 is 17.9 Å². The predicted molar refractivity (Wildman–Crippen MR) is 195 cm³/mol. The molecule has 0 aliphatic heterocycles. The van der Waals surface area contributed by atoms with Crippen LogP contribution in [0.3, 0.4) is 0 Å². The summed E-state index contributed by atoms with van der Waals surface area (Å²) < 4.78 is 16.2. The molecule has 49 heavy (non-hydrogen) atoms. The van der Waals surface area contributed by atoms with Gasteiger partial charge in [0.25, 0.3) is 0 Å². The summed E-state index contributed by atoms with van der Waals surface area (Å²) in [6.07, 6.45) is 26.4. The van der Waals surface area contributed by atoms with Crippen LogP contribution in [0.15, 0.2) is 0 Å². The Morgan fingerprint density at radius 1 is 0.429 bits per heavy atom. The lowest BCUT2D eigenvalue weighted by molar-refractivity contribution is -0.460. The van der Waals surface area contributed by atoms with Gasteiger partial charge in [-0.2, -0.15) is 0 Å². The van der Waals surface area contributed by atoms with E-state index >= 15 is 0 Å². The van der Waals surface area contributed by atoms with Gasteiger partial charge in [0.05, 0.1) is 0 Å². The minimum absolute atomic E-state index is 0.0598. The second-order valence-corrected chi connectivity index (χ2v) is 14.1. The van der Waals surface area contributed by atoms with Gasteiger partial charge in [-0.1, -0.05) is 175 Å². The van der Waals surface area contributed by atoms with Crippen molar-refractivity contribution in [2.45, 2.75) is 238 Å². The molecule has 0 aromatic rings. The van der Waals surface area contributed by atoms with Gasteiger partial charge < -0.3 is 29.5 Å². The molecule has 0 radical (unpaired) electrons. The van der Waals surface area contributed by atoms with E-state index in [4.69, 9.17) is 14.2 Å². The van der Waals surface area contributed by atoms with E-state index in [0.29, 0.717) is 19.3 Å². The zero-order valence-corrected chi connectivity index (χ0v) is 32.1. The van der Waals surface area contributed by atoms with Crippen LogP contribution in [0.2, 0.25) is 0 Å². The highest BCUT2D eigenvalue weighted by molar-refractivity contribution is 5.73. The van der Waals surface area contributed by atoms with Crippen molar-refractivity contribution in [2.24, 2.45) is 0 Å². The molecule has 290 valence electrons. The fourth-order valence-electron chi connectivity index (χ4n) is 6.11. The maximum absolute atomic E-state index is 13.0. The van der Waals surface area contributed by atoms with E-state index < -0.39 is 35.8 Å². The highest BCUT2D eigenvalue weighted by Crippen LogP contribution is 2.33. The average molecular weight is 701 g/mol. The molecule has 0 saturated carbocycles. The second kappa shape index (κ2) is 31.1. The molecule has 0 fully saturated rings. The Hall–Kier alpha value is -1.71. The van der Waals surface area contributed by atoms with Crippen LogP contribution in [0.5, 0.6) is 0 Å².